The highest BCUT2D eigenvalue weighted by Crippen LogP contribution is 2.28. The van der Waals surface area contributed by atoms with Gasteiger partial charge in [-0.2, -0.15) is 5.10 Å². The van der Waals surface area contributed by atoms with Crippen LogP contribution >= 0.6 is 23.6 Å². The topological polar surface area (TPSA) is 97.7 Å². The Kier molecular flexibility index (Phi) is 7.69. The van der Waals surface area contributed by atoms with E-state index in [0.717, 1.165) is 29.2 Å². The van der Waals surface area contributed by atoms with Crippen molar-refractivity contribution in [2.24, 2.45) is 0 Å². The number of ether oxygens (including phenoxy) is 1. The zero-order chi connectivity index (χ0) is 21.5. The van der Waals surface area contributed by atoms with Crippen LogP contribution in [0.1, 0.15) is 51.0 Å². The van der Waals surface area contributed by atoms with E-state index in [-0.39, 0.29) is 12.3 Å². The lowest BCUT2D eigenvalue weighted by atomic mass is 10.1. The van der Waals surface area contributed by atoms with Crippen molar-refractivity contribution in [3.8, 4) is 17.1 Å². The minimum absolute atomic E-state index is 0.136. The molecule has 0 bridgehead atoms. The van der Waals surface area contributed by atoms with Crippen molar-refractivity contribution in [3.05, 3.63) is 34.0 Å². The fourth-order valence-electron chi connectivity index (χ4n) is 3.10. The Bertz CT molecular complexity index is 1020. The van der Waals surface area contributed by atoms with Crippen LogP contribution in [0.5, 0.6) is 5.75 Å². The van der Waals surface area contributed by atoms with Gasteiger partial charge < -0.3 is 10.1 Å². The van der Waals surface area contributed by atoms with Crippen LogP contribution in [0.2, 0.25) is 0 Å². The van der Waals surface area contributed by atoms with Gasteiger partial charge in [-0.3, -0.25) is 14.5 Å². The molecule has 1 amide bonds. The van der Waals surface area contributed by atoms with Crippen molar-refractivity contribution in [3.63, 3.8) is 0 Å². The highest BCUT2D eigenvalue weighted by molar-refractivity contribution is 7.71. The van der Waals surface area contributed by atoms with Crippen LogP contribution in [0.25, 0.3) is 11.4 Å². The van der Waals surface area contributed by atoms with Crippen molar-refractivity contribution in [1.29, 1.82) is 0 Å². The maximum atomic E-state index is 12.4. The second-order valence-corrected chi connectivity index (χ2v) is 8.11. The smallest absolute Gasteiger partial charge is 0.227 e. The van der Waals surface area contributed by atoms with Crippen molar-refractivity contribution in [1.82, 2.24) is 25.0 Å². The molecule has 0 radical (unpaired) electrons. The molecule has 3 aromatic rings. The van der Waals surface area contributed by atoms with Crippen molar-refractivity contribution < 1.29 is 9.53 Å². The van der Waals surface area contributed by atoms with Gasteiger partial charge in [0.1, 0.15) is 10.8 Å². The fourth-order valence-corrected chi connectivity index (χ4v) is 4.35. The molecule has 1 aromatic carbocycles. The van der Waals surface area contributed by atoms with Crippen LogP contribution in [0, 0.1) is 4.77 Å². The van der Waals surface area contributed by atoms with Gasteiger partial charge in [-0.05, 0) is 56.2 Å². The average molecular weight is 447 g/mol. The number of H-pyrrole nitrogens is 1. The van der Waals surface area contributed by atoms with E-state index in [2.05, 4.69) is 39.6 Å². The predicted molar refractivity (Wildman–Crippen MR) is 120 cm³/mol. The molecule has 3 rings (SSSR count). The molecule has 2 aromatic heterocycles. The van der Waals surface area contributed by atoms with Gasteiger partial charge in [0.25, 0.3) is 0 Å². The van der Waals surface area contributed by atoms with Crippen molar-refractivity contribution >= 4 is 34.6 Å². The van der Waals surface area contributed by atoms with E-state index in [1.807, 2.05) is 35.8 Å². The van der Waals surface area contributed by atoms with Crippen LogP contribution in [-0.2, 0) is 11.3 Å². The molecule has 30 heavy (non-hydrogen) atoms. The Morgan fingerprint density at radius 3 is 2.63 bits per heavy atom. The first kappa shape index (κ1) is 22.1. The van der Waals surface area contributed by atoms with E-state index in [9.17, 15) is 4.79 Å². The number of rotatable bonds is 10. The molecule has 160 valence electrons. The van der Waals surface area contributed by atoms with Crippen LogP contribution in [-0.4, -0.2) is 37.5 Å². The molecule has 0 spiro atoms. The molecule has 0 aliphatic rings. The first-order valence-corrected chi connectivity index (χ1v) is 11.3. The summed E-state index contributed by atoms with van der Waals surface area (Å²) in [7, 11) is 0. The zero-order valence-corrected chi connectivity index (χ0v) is 19.0. The lowest BCUT2D eigenvalue weighted by molar-refractivity contribution is -0.116. The van der Waals surface area contributed by atoms with E-state index in [4.69, 9.17) is 17.0 Å². The molecule has 0 aliphatic carbocycles. The third-order valence-electron chi connectivity index (χ3n) is 4.77. The fraction of sp³-hybridized carbons (Fsp3) is 0.450. The average Bonchev–Trinajstić information content (AvgIpc) is 3.35. The number of aromatic nitrogens is 5. The number of nitrogens with zero attached hydrogens (tertiary/aromatic N) is 4. The van der Waals surface area contributed by atoms with Crippen LogP contribution in [0.4, 0.5) is 5.13 Å². The highest BCUT2D eigenvalue weighted by Gasteiger charge is 2.15. The number of amides is 1. The molecular formula is C20H26N6O2S2. The second kappa shape index (κ2) is 10.4. The molecular weight excluding hydrogens is 420 g/mol. The van der Waals surface area contributed by atoms with E-state index in [1.54, 1.807) is 0 Å². The van der Waals surface area contributed by atoms with Gasteiger partial charge in [0.2, 0.25) is 11.0 Å². The summed E-state index contributed by atoms with van der Waals surface area (Å²) in [6.45, 7) is 7.22. The van der Waals surface area contributed by atoms with Gasteiger partial charge in [-0.1, -0.05) is 25.2 Å². The van der Waals surface area contributed by atoms with Crippen molar-refractivity contribution in [2.45, 2.75) is 52.5 Å². The Morgan fingerprint density at radius 1 is 1.23 bits per heavy atom. The SMILES string of the molecule is CCOc1ccc(-c2n[nH]c(=S)n2CCC(=O)Nc2nnc(C(CC)CC)s2)cc1. The van der Waals surface area contributed by atoms with E-state index in [0.29, 0.717) is 34.8 Å². The normalized spacial score (nSPS) is 11.1. The quantitative estimate of drug-likeness (QED) is 0.435. The molecule has 0 atom stereocenters. The van der Waals surface area contributed by atoms with Gasteiger partial charge in [-0.15, -0.1) is 10.2 Å². The number of carbonyl (C=O) groups is 1. The first-order chi connectivity index (χ1) is 14.5. The summed E-state index contributed by atoms with van der Waals surface area (Å²) in [5, 5.41) is 19.8. The first-order valence-electron chi connectivity index (χ1n) is 10.1. The zero-order valence-electron chi connectivity index (χ0n) is 17.3. The molecule has 0 fully saturated rings. The summed E-state index contributed by atoms with van der Waals surface area (Å²) < 4.78 is 7.77. The molecule has 2 N–H and O–H groups in total. The Hall–Kier alpha value is -2.59. The number of nitrogens with one attached hydrogen (secondary N) is 2. The number of anilines is 1. The van der Waals surface area contributed by atoms with Gasteiger partial charge >= 0.3 is 0 Å². The van der Waals surface area contributed by atoms with E-state index in [1.165, 1.54) is 11.3 Å². The lowest BCUT2D eigenvalue weighted by Crippen LogP contribution is -2.15. The number of carbonyl (C=O) groups excluding carboxylic acids is 1. The molecule has 0 saturated heterocycles. The molecule has 0 unspecified atom stereocenters. The number of benzene rings is 1. The predicted octanol–water partition coefficient (Wildman–Crippen LogP) is 4.79. The maximum absolute atomic E-state index is 12.4. The van der Waals surface area contributed by atoms with Crippen LogP contribution in [0.15, 0.2) is 24.3 Å². The third kappa shape index (κ3) is 5.31. The van der Waals surface area contributed by atoms with Crippen molar-refractivity contribution in [2.75, 3.05) is 11.9 Å². The molecule has 0 saturated carbocycles. The molecule has 10 heteroatoms. The Balaban J connectivity index is 1.64. The van der Waals surface area contributed by atoms with Gasteiger partial charge in [0, 0.05) is 24.4 Å². The molecule has 0 aliphatic heterocycles. The minimum atomic E-state index is -0.136. The summed E-state index contributed by atoms with van der Waals surface area (Å²) >= 11 is 6.79. The van der Waals surface area contributed by atoms with Crippen LogP contribution < -0.4 is 10.1 Å². The van der Waals surface area contributed by atoms with E-state index < -0.39 is 0 Å². The number of hydrogen-bond donors (Lipinski definition) is 2. The Morgan fingerprint density at radius 2 is 1.97 bits per heavy atom. The third-order valence-corrected chi connectivity index (χ3v) is 6.08. The summed E-state index contributed by atoms with van der Waals surface area (Å²) in [4.78, 5) is 12.4. The summed E-state index contributed by atoms with van der Waals surface area (Å²) in [6.07, 6.45) is 2.26. The monoisotopic (exact) mass is 446 g/mol. The standard InChI is InChI=1S/C20H26N6O2S2/c1-4-13(5-2)18-23-24-19(30-18)21-16(27)11-12-26-17(22-25-20(26)29)14-7-9-15(10-8-14)28-6-3/h7-10,13H,4-6,11-12H2,1-3H3,(H,25,29)(H,21,24,27). The summed E-state index contributed by atoms with van der Waals surface area (Å²) in [5.41, 5.74) is 0.894. The molecule has 2 heterocycles. The van der Waals surface area contributed by atoms with Gasteiger partial charge in [0.05, 0.1) is 6.61 Å². The second-order valence-electron chi connectivity index (χ2n) is 6.72. The summed E-state index contributed by atoms with van der Waals surface area (Å²) in [6, 6.07) is 7.63. The van der Waals surface area contributed by atoms with E-state index >= 15 is 0 Å². The largest absolute Gasteiger partial charge is 0.494 e. The van der Waals surface area contributed by atoms with Gasteiger partial charge in [0.15, 0.2) is 10.6 Å². The lowest BCUT2D eigenvalue weighted by Gasteiger charge is -2.08. The minimum Gasteiger partial charge on any atom is -0.494 e. The van der Waals surface area contributed by atoms with Gasteiger partial charge in [-0.25, -0.2) is 0 Å². The Labute approximate surface area is 184 Å². The number of hydrogen-bond acceptors (Lipinski definition) is 7. The maximum Gasteiger partial charge on any atom is 0.227 e. The highest BCUT2D eigenvalue weighted by atomic mass is 32.1. The summed E-state index contributed by atoms with van der Waals surface area (Å²) in [5.74, 6) is 1.73. The van der Waals surface area contributed by atoms with Crippen LogP contribution in [0.3, 0.4) is 0 Å². The molecule has 8 nitrogen and oxygen atoms in total. The number of aromatic amines is 1.